The highest BCUT2D eigenvalue weighted by atomic mass is 19.4. The lowest BCUT2D eigenvalue weighted by molar-refractivity contribution is -0.137. The number of hydrogen-bond acceptors (Lipinski definition) is 6. The molecule has 12 heteroatoms. The zero-order chi connectivity index (χ0) is 26.7. The molecule has 4 heterocycles. The van der Waals surface area contributed by atoms with Gasteiger partial charge in [-0.1, -0.05) is 6.07 Å². The van der Waals surface area contributed by atoms with E-state index in [1.165, 1.54) is 0 Å². The van der Waals surface area contributed by atoms with Crippen LogP contribution in [0.25, 0.3) is 22.2 Å². The Hall–Kier alpha value is -2.59. The summed E-state index contributed by atoms with van der Waals surface area (Å²) in [4.78, 5) is 2.61. The van der Waals surface area contributed by atoms with Crippen molar-refractivity contribution in [3.05, 3.63) is 36.0 Å². The second kappa shape index (κ2) is 9.55. The summed E-state index contributed by atoms with van der Waals surface area (Å²) in [5.41, 5.74) is 0.909. The standard InChI is InChI=1S/C26H33B2F3N6O/c1-36-23-3-2-15(8-16(23)12-32-36)22-11-21(26(29,30)31)24(35-34-22)33-20-9-17-13-37(14-18(17)10-20)25(27,28)19-4-6-38-7-5-19/h2-3,8,11-12,17-20H,4-7,9-10,13-14,27-28H2,1H3,(H,33,35)/t17-,18+,20+. The number of fused-ring (bicyclic) bond motifs is 2. The molecule has 0 spiro atoms. The summed E-state index contributed by atoms with van der Waals surface area (Å²) in [7, 11) is 6.52. The van der Waals surface area contributed by atoms with Crippen molar-refractivity contribution in [3.8, 4) is 11.3 Å². The number of ether oxygens (including phenoxy) is 1. The highest BCUT2D eigenvalue weighted by Crippen LogP contribution is 2.44. The lowest BCUT2D eigenvalue weighted by Crippen LogP contribution is -2.56. The number of rotatable bonds is 5. The molecule has 7 nitrogen and oxygen atoms in total. The molecular formula is C26H33B2F3N6O. The van der Waals surface area contributed by atoms with Gasteiger partial charge in [-0.2, -0.15) is 18.3 Å². The van der Waals surface area contributed by atoms with Crippen molar-refractivity contribution < 1.29 is 17.9 Å². The minimum atomic E-state index is -4.54. The molecule has 2 saturated heterocycles. The molecule has 6 rings (SSSR count). The lowest BCUT2D eigenvalue weighted by Gasteiger charge is -2.45. The third-order valence-electron chi connectivity index (χ3n) is 9.27. The van der Waals surface area contributed by atoms with Crippen molar-refractivity contribution in [1.29, 1.82) is 0 Å². The second-order valence-corrected chi connectivity index (χ2v) is 11.8. The van der Waals surface area contributed by atoms with Gasteiger partial charge in [0, 0.05) is 50.3 Å². The number of benzene rings is 1. The fourth-order valence-corrected chi connectivity index (χ4v) is 6.92. The first-order valence-electron chi connectivity index (χ1n) is 13.6. The summed E-state index contributed by atoms with van der Waals surface area (Å²) in [5.74, 6) is 1.41. The Bertz CT molecular complexity index is 1310. The van der Waals surface area contributed by atoms with Crippen molar-refractivity contribution in [3.63, 3.8) is 0 Å². The first-order chi connectivity index (χ1) is 18.1. The molecule has 3 aliphatic rings. The van der Waals surface area contributed by atoms with Gasteiger partial charge in [0.15, 0.2) is 5.82 Å². The molecule has 0 bridgehead atoms. The molecular weight excluding hydrogens is 491 g/mol. The van der Waals surface area contributed by atoms with Crippen LogP contribution in [0.4, 0.5) is 19.0 Å². The molecule has 2 aromatic heterocycles. The van der Waals surface area contributed by atoms with Gasteiger partial charge >= 0.3 is 6.18 Å². The van der Waals surface area contributed by atoms with Gasteiger partial charge in [-0.05, 0) is 67.0 Å². The van der Waals surface area contributed by atoms with Crippen molar-refractivity contribution in [2.24, 2.45) is 24.8 Å². The van der Waals surface area contributed by atoms with E-state index in [-0.39, 0.29) is 22.9 Å². The molecule has 2 aliphatic heterocycles. The van der Waals surface area contributed by atoms with Gasteiger partial charge in [0.2, 0.25) is 0 Å². The third-order valence-corrected chi connectivity index (χ3v) is 9.27. The zero-order valence-corrected chi connectivity index (χ0v) is 22.1. The third kappa shape index (κ3) is 4.70. The minimum Gasteiger partial charge on any atom is -0.381 e. The number of nitrogens with one attached hydrogen (secondary N) is 1. The molecule has 1 saturated carbocycles. The van der Waals surface area contributed by atoms with Gasteiger partial charge in [-0.15, -0.1) is 10.2 Å². The van der Waals surface area contributed by atoms with Crippen LogP contribution in [0.2, 0.25) is 0 Å². The van der Waals surface area contributed by atoms with E-state index in [1.54, 1.807) is 23.0 Å². The lowest BCUT2D eigenvalue weighted by atomic mass is 9.52. The van der Waals surface area contributed by atoms with Gasteiger partial charge in [-0.3, -0.25) is 4.68 Å². The molecule has 200 valence electrons. The first-order valence-corrected chi connectivity index (χ1v) is 13.6. The highest BCUT2D eigenvalue weighted by Gasteiger charge is 2.47. The van der Waals surface area contributed by atoms with Gasteiger partial charge in [0.05, 0.1) is 17.4 Å². The van der Waals surface area contributed by atoms with Crippen LogP contribution in [0.1, 0.15) is 31.2 Å². The Balaban J connectivity index is 1.16. The van der Waals surface area contributed by atoms with Crippen LogP contribution < -0.4 is 5.32 Å². The van der Waals surface area contributed by atoms with Crippen molar-refractivity contribution in [1.82, 2.24) is 24.9 Å². The van der Waals surface area contributed by atoms with E-state index in [9.17, 15) is 13.2 Å². The Morgan fingerprint density at radius 3 is 2.42 bits per heavy atom. The normalized spacial score (nSPS) is 25.2. The molecule has 1 N–H and O–H groups in total. The molecule has 3 fully saturated rings. The average Bonchev–Trinajstić information content (AvgIpc) is 3.57. The number of halogens is 3. The smallest absolute Gasteiger partial charge is 0.381 e. The van der Waals surface area contributed by atoms with Crippen LogP contribution in [-0.2, 0) is 18.0 Å². The number of nitrogens with zero attached hydrogens (tertiary/aromatic N) is 5. The molecule has 3 atom stereocenters. The van der Waals surface area contributed by atoms with E-state index in [1.807, 2.05) is 13.1 Å². The van der Waals surface area contributed by atoms with Crippen LogP contribution in [0.15, 0.2) is 30.5 Å². The van der Waals surface area contributed by atoms with Gasteiger partial charge < -0.3 is 15.0 Å². The predicted octanol–water partition coefficient (Wildman–Crippen LogP) is 2.52. The van der Waals surface area contributed by atoms with Crippen LogP contribution in [0, 0.1) is 17.8 Å². The fraction of sp³-hybridized carbons (Fsp3) is 0.577. The molecule has 1 aliphatic carbocycles. The van der Waals surface area contributed by atoms with E-state index in [2.05, 4.69) is 41.2 Å². The molecule has 0 amide bonds. The van der Waals surface area contributed by atoms with Crippen molar-refractivity contribution in [2.45, 2.75) is 43.2 Å². The second-order valence-electron chi connectivity index (χ2n) is 11.8. The first kappa shape index (κ1) is 25.7. The maximum Gasteiger partial charge on any atom is 0.420 e. The van der Waals surface area contributed by atoms with E-state index < -0.39 is 11.7 Å². The van der Waals surface area contributed by atoms with E-state index >= 15 is 0 Å². The van der Waals surface area contributed by atoms with Crippen LogP contribution >= 0.6 is 0 Å². The van der Waals surface area contributed by atoms with Crippen LogP contribution in [-0.4, -0.2) is 78.3 Å². The summed E-state index contributed by atoms with van der Waals surface area (Å²) in [5, 5.41) is 16.5. The molecule has 0 radical (unpaired) electrons. The summed E-state index contributed by atoms with van der Waals surface area (Å²) < 4.78 is 49.7. The monoisotopic (exact) mass is 524 g/mol. The molecule has 0 unspecified atom stereocenters. The number of anilines is 1. The summed E-state index contributed by atoms with van der Waals surface area (Å²) >= 11 is 0. The number of hydrogen-bond donors (Lipinski definition) is 1. The maximum absolute atomic E-state index is 14.1. The number of alkyl halides is 3. The predicted molar refractivity (Wildman–Crippen MR) is 145 cm³/mol. The number of aromatic nitrogens is 4. The SMILES string of the molecule is BC(B)(C1CCOCC1)N1C[C@H]2C[C@H](Nc3nnc(-c4ccc5c(cnn5C)c4)cc3C(F)(F)F)C[C@H]2C1. The van der Waals surface area contributed by atoms with Crippen molar-refractivity contribution >= 4 is 32.4 Å². The molecule has 3 aromatic rings. The number of likely N-dealkylation sites (tertiary alicyclic amines) is 1. The Labute approximate surface area is 222 Å². The quantitative estimate of drug-likeness (QED) is 0.518. The van der Waals surface area contributed by atoms with E-state index in [4.69, 9.17) is 4.74 Å². The molecule has 1 aromatic carbocycles. The van der Waals surface area contributed by atoms with Crippen LogP contribution in [0.5, 0.6) is 0 Å². The minimum absolute atomic E-state index is 0.0358. The van der Waals surface area contributed by atoms with Gasteiger partial charge in [0.1, 0.15) is 21.3 Å². The Morgan fingerprint density at radius 2 is 1.74 bits per heavy atom. The van der Waals surface area contributed by atoms with Crippen LogP contribution in [0.3, 0.4) is 0 Å². The zero-order valence-electron chi connectivity index (χ0n) is 22.1. The summed E-state index contributed by atoms with van der Waals surface area (Å²) in [6, 6.07) is 6.47. The van der Waals surface area contributed by atoms with Gasteiger partial charge in [0.25, 0.3) is 0 Å². The molecule has 38 heavy (non-hydrogen) atoms. The largest absolute Gasteiger partial charge is 0.420 e. The highest BCUT2D eigenvalue weighted by molar-refractivity contribution is 6.40. The summed E-state index contributed by atoms with van der Waals surface area (Å²) in [6.07, 6.45) is 1.04. The Morgan fingerprint density at radius 1 is 1.03 bits per heavy atom. The maximum atomic E-state index is 14.1. The fourth-order valence-electron chi connectivity index (χ4n) is 6.92. The average molecular weight is 524 g/mol. The Kier molecular flexibility index (Phi) is 6.45. The number of aryl methyl sites for hydroxylation is 1. The topological polar surface area (TPSA) is 68.1 Å². The van der Waals surface area contributed by atoms with E-state index in [0.717, 1.165) is 69.0 Å². The van der Waals surface area contributed by atoms with Gasteiger partial charge in [-0.25, -0.2) is 0 Å². The van der Waals surface area contributed by atoms with E-state index in [0.29, 0.717) is 23.3 Å². The van der Waals surface area contributed by atoms with Crippen molar-refractivity contribution in [2.75, 3.05) is 31.6 Å². The summed E-state index contributed by atoms with van der Waals surface area (Å²) in [6.45, 7) is 3.67.